The van der Waals surface area contributed by atoms with E-state index in [1.807, 2.05) is 36.4 Å². The molecule has 5 heteroatoms. The van der Waals surface area contributed by atoms with Gasteiger partial charge >= 0.3 is 0 Å². The van der Waals surface area contributed by atoms with Crippen LogP contribution >= 0.6 is 39.7 Å². The predicted molar refractivity (Wildman–Crippen MR) is 93.4 cm³/mol. The van der Waals surface area contributed by atoms with Gasteiger partial charge in [-0.05, 0) is 58.8 Å². The number of benzene rings is 2. The molecular weight excluding hydrogens is 356 g/mol. The zero-order valence-electron chi connectivity index (χ0n) is 10.9. The number of nitrogens with one attached hydrogen (secondary N) is 2. The summed E-state index contributed by atoms with van der Waals surface area (Å²) in [6, 6.07) is 15.9. The molecule has 0 bridgehead atoms. The van der Waals surface area contributed by atoms with Crippen molar-refractivity contribution in [3.63, 3.8) is 0 Å². The van der Waals surface area contributed by atoms with Crippen LogP contribution in [-0.4, -0.2) is 5.11 Å². The van der Waals surface area contributed by atoms with Crippen LogP contribution in [0.1, 0.15) is 18.5 Å². The van der Waals surface area contributed by atoms with E-state index >= 15 is 0 Å². The van der Waals surface area contributed by atoms with Crippen molar-refractivity contribution in [3.8, 4) is 0 Å². The summed E-state index contributed by atoms with van der Waals surface area (Å²) in [6.07, 6.45) is 0. The van der Waals surface area contributed by atoms with Crippen LogP contribution in [0.4, 0.5) is 5.69 Å². The lowest BCUT2D eigenvalue weighted by Crippen LogP contribution is -2.30. The Labute approximate surface area is 137 Å². The average molecular weight is 370 g/mol. The van der Waals surface area contributed by atoms with Crippen molar-refractivity contribution in [2.45, 2.75) is 13.0 Å². The Balaban J connectivity index is 1.97. The normalized spacial score (nSPS) is 11.8. The standard InChI is InChI=1S/C15H14BrClN2S/c1-10(11-5-3-2-4-6-11)18-15(20)19-12-7-8-13(16)14(17)9-12/h2-10H,1H3,(H2,18,19,20). The molecular formula is C15H14BrClN2S. The Hall–Kier alpha value is -1.10. The average Bonchev–Trinajstić information content (AvgIpc) is 2.44. The molecule has 1 unspecified atom stereocenters. The van der Waals surface area contributed by atoms with E-state index in [0.717, 1.165) is 10.2 Å². The van der Waals surface area contributed by atoms with Gasteiger partial charge in [0.25, 0.3) is 0 Å². The fraction of sp³-hybridized carbons (Fsp3) is 0.133. The summed E-state index contributed by atoms with van der Waals surface area (Å²) < 4.78 is 0.862. The Morgan fingerprint density at radius 1 is 1.20 bits per heavy atom. The number of thiocarbonyl (C=S) groups is 1. The first-order valence-electron chi connectivity index (χ1n) is 6.14. The minimum absolute atomic E-state index is 0.141. The first kappa shape index (κ1) is 15.3. The molecule has 0 aliphatic rings. The van der Waals surface area contributed by atoms with Crippen molar-refractivity contribution in [1.29, 1.82) is 0 Å². The summed E-state index contributed by atoms with van der Waals surface area (Å²) in [7, 11) is 0. The summed E-state index contributed by atoms with van der Waals surface area (Å²) >= 11 is 14.7. The van der Waals surface area contributed by atoms with Gasteiger partial charge in [-0.25, -0.2) is 0 Å². The van der Waals surface area contributed by atoms with Gasteiger partial charge in [-0.1, -0.05) is 41.9 Å². The number of halogens is 2. The fourth-order valence-corrected chi connectivity index (χ4v) is 2.48. The van der Waals surface area contributed by atoms with Crippen molar-refractivity contribution < 1.29 is 0 Å². The number of anilines is 1. The molecule has 2 aromatic rings. The molecule has 0 aliphatic carbocycles. The third-order valence-electron chi connectivity index (χ3n) is 2.82. The molecule has 2 nitrogen and oxygen atoms in total. The third kappa shape index (κ3) is 4.20. The van der Waals surface area contributed by atoms with Gasteiger partial charge in [0.05, 0.1) is 11.1 Å². The minimum Gasteiger partial charge on any atom is -0.356 e. The smallest absolute Gasteiger partial charge is 0.171 e. The molecule has 0 amide bonds. The van der Waals surface area contributed by atoms with Gasteiger partial charge in [0, 0.05) is 10.2 Å². The molecule has 0 saturated heterocycles. The maximum absolute atomic E-state index is 6.05. The van der Waals surface area contributed by atoms with E-state index in [1.165, 1.54) is 5.56 Å². The molecule has 0 heterocycles. The molecule has 2 rings (SSSR count). The number of hydrogen-bond donors (Lipinski definition) is 2. The van der Waals surface area contributed by atoms with Gasteiger partial charge in [-0.3, -0.25) is 0 Å². The number of hydrogen-bond acceptors (Lipinski definition) is 1. The molecule has 0 spiro atoms. The minimum atomic E-state index is 0.141. The lowest BCUT2D eigenvalue weighted by atomic mass is 10.1. The van der Waals surface area contributed by atoms with Gasteiger partial charge in [0.2, 0.25) is 0 Å². The largest absolute Gasteiger partial charge is 0.356 e. The van der Waals surface area contributed by atoms with Crippen molar-refractivity contribution in [3.05, 3.63) is 63.6 Å². The van der Waals surface area contributed by atoms with Crippen molar-refractivity contribution in [2.75, 3.05) is 5.32 Å². The predicted octanol–water partition coefficient (Wildman–Crippen LogP) is 5.15. The molecule has 1 atom stereocenters. The van der Waals surface area contributed by atoms with Gasteiger partial charge in [-0.15, -0.1) is 0 Å². The first-order chi connectivity index (χ1) is 9.56. The van der Waals surface area contributed by atoms with Gasteiger partial charge in [0.15, 0.2) is 5.11 Å². The third-order valence-corrected chi connectivity index (χ3v) is 4.28. The van der Waals surface area contributed by atoms with E-state index < -0.39 is 0 Å². The molecule has 20 heavy (non-hydrogen) atoms. The van der Waals surface area contributed by atoms with Crippen LogP contribution in [-0.2, 0) is 0 Å². The highest BCUT2D eigenvalue weighted by molar-refractivity contribution is 9.10. The van der Waals surface area contributed by atoms with Gasteiger partial charge < -0.3 is 10.6 Å². The Morgan fingerprint density at radius 2 is 1.90 bits per heavy atom. The van der Waals surface area contributed by atoms with E-state index in [4.69, 9.17) is 23.8 Å². The number of rotatable bonds is 3. The summed E-state index contributed by atoms with van der Waals surface area (Å²) in [6.45, 7) is 2.07. The Kier molecular flexibility index (Phi) is 5.40. The highest BCUT2D eigenvalue weighted by Crippen LogP contribution is 2.25. The fourth-order valence-electron chi connectivity index (χ4n) is 1.76. The van der Waals surface area contributed by atoms with Crippen LogP contribution in [0, 0.1) is 0 Å². The van der Waals surface area contributed by atoms with E-state index in [-0.39, 0.29) is 6.04 Å². The highest BCUT2D eigenvalue weighted by Gasteiger charge is 2.07. The molecule has 2 N–H and O–H groups in total. The van der Waals surface area contributed by atoms with Crippen LogP contribution in [0.5, 0.6) is 0 Å². The summed E-state index contributed by atoms with van der Waals surface area (Å²) in [5.74, 6) is 0. The maximum atomic E-state index is 6.05. The van der Waals surface area contributed by atoms with Crippen LogP contribution in [0.25, 0.3) is 0 Å². The Bertz CT molecular complexity index is 604. The van der Waals surface area contributed by atoms with Gasteiger partial charge in [0.1, 0.15) is 0 Å². The quantitative estimate of drug-likeness (QED) is 0.732. The topological polar surface area (TPSA) is 24.1 Å². The lowest BCUT2D eigenvalue weighted by molar-refractivity contribution is 0.722. The summed E-state index contributed by atoms with van der Waals surface area (Å²) in [5, 5.41) is 7.59. The molecule has 0 saturated carbocycles. The van der Waals surface area contributed by atoms with Crippen molar-refractivity contribution in [2.24, 2.45) is 0 Å². The van der Waals surface area contributed by atoms with E-state index in [9.17, 15) is 0 Å². The van der Waals surface area contributed by atoms with Crippen LogP contribution < -0.4 is 10.6 Å². The van der Waals surface area contributed by atoms with Gasteiger partial charge in [-0.2, -0.15) is 0 Å². The van der Waals surface area contributed by atoms with E-state index in [0.29, 0.717) is 10.1 Å². The van der Waals surface area contributed by atoms with Crippen LogP contribution in [0.2, 0.25) is 5.02 Å². The second-order valence-electron chi connectivity index (χ2n) is 4.36. The molecule has 0 aromatic heterocycles. The molecule has 2 aromatic carbocycles. The van der Waals surface area contributed by atoms with Crippen molar-refractivity contribution >= 4 is 50.5 Å². The summed E-state index contributed by atoms with van der Waals surface area (Å²) in [5.41, 5.74) is 2.04. The lowest BCUT2D eigenvalue weighted by Gasteiger charge is -2.17. The molecule has 104 valence electrons. The second-order valence-corrected chi connectivity index (χ2v) is 6.03. The maximum Gasteiger partial charge on any atom is 0.171 e. The molecule has 0 aliphatic heterocycles. The zero-order valence-corrected chi connectivity index (χ0v) is 14.0. The van der Waals surface area contributed by atoms with E-state index in [1.54, 1.807) is 0 Å². The molecule has 0 radical (unpaired) electrons. The Morgan fingerprint density at radius 3 is 2.55 bits per heavy atom. The highest BCUT2D eigenvalue weighted by atomic mass is 79.9. The first-order valence-corrected chi connectivity index (χ1v) is 7.71. The van der Waals surface area contributed by atoms with E-state index in [2.05, 4.69) is 45.6 Å². The SMILES string of the molecule is CC(NC(=S)Nc1ccc(Br)c(Cl)c1)c1ccccc1. The summed E-state index contributed by atoms with van der Waals surface area (Å²) in [4.78, 5) is 0. The monoisotopic (exact) mass is 368 g/mol. The molecule has 0 fully saturated rings. The second kappa shape index (κ2) is 7.07. The zero-order chi connectivity index (χ0) is 14.5. The van der Waals surface area contributed by atoms with Crippen LogP contribution in [0.3, 0.4) is 0 Å². The van der Waals surface area contributed by atoms with Crippen LogP contribution in [0.15, 0.2) is 53.0 Å². The van der Waals surface area contributed by atoms with Crippen molar-refractivity contribution in [1.82, 2.24) is 5.32 Å².